The number of aryl methyl sites for hydroxylation is 2. The molecule has 0 unspecified atom stereocenters. The molecule has 1 aromatic rings. The Labute approximate surface area is 113 Å². The van der Waals surface area contributed by atoms with Crippen molar-refractivity contribution < 1.29 is 0 Å². The highest BCUT2D eigenvalue weighted by Crippen LogP contribution is 2.26. The van der Waals surface area contributed by atoms with Crippen LogP contribution in [0.1, 0.15) is 70.1 Å². The van der Waals surface area contributed by atoms with E-state index in [2.05, 4.69) is 52.0 Å². The minimum Gasteiger partial charge on any atom is -0.0841 e. The summed E-state index contributed by atoms with van der Waals surface area (Å²) in [5, 5.41) is 0. The minimum atomic E-state index is 1.22. The van der Waals surface area contributed by atoms with Crippen LogP contribution in [0.2, 0.25) is 0 Å². The molecule has 1 aromatic carbocycles. The van der Waals surface area contributed by atoms with Gasteiger partial charge in [-0.2, -0.15) is 0 Å². The summed E-state index contributed by atoms with van der Waals surface area (Å²) in [7, 11) is 0. The highest BCUT2D eigenvalue weighted by molar-refractivity contribution is 5.69. The smallest absolute Gasteiger partial charge is 0.0166 e. The van der Waals surface area contributed by atoms with E-state index in [0.29, 0.717) is 0 Å². The lowest BCUT2D eigenvalue weighted by Gasteiger charge is -2.15. The summed E-state index contributed by atoms with van der Waals surface area (Å²) in [5.74, 6) is 0. The number of hydrogen-bond donors (Lipinski definition) is 0. The van der Waals surface area contributed by atoms with Crippen LogP contribution in [-0.2, 0) is 12.8 Å². The van der Waals surface area contributed by atoms with Crippen LogP contribution in [0.5, 0.6) is 0 Å². The first kappa shape index (κ1) is 15.0. The van der Waals surface area contributed by atoms with Crippen molar-refractivity contribution in [1.29, 1.82) is 0 Å². The second-order valence-electron chi connectivity index (χ2n) is 5.13. The highest BCUT2D eigenvalue weighted by atomic mass is 14.1. The van der Waals surface area contributed by atoms with Gasteiger partial charge in [-0.05, 0) is 61.8 Å². The van der Waals surface area contributed by atoms with Gasteiger partial charge < -0.3 is 0 Å². The van der Waals surface area contributed by atoms with E-state index in [1.54, 1.807) is 11.1 Å². The first-order valence-electron chi connectivity index (χ1n) is 7.48. The third kappa shape index (κ3) is 4.01. The molecule has 0 saturated carbocycles. The summed E-state index contributed by atoms with van der Waals surface area (Å²) in [6, 6.07) is 6.86. The fourth-order valence-electron chi connectivity index (χ4n) is 2.46. The second kappa shape index (κ2) is 8.13. The first-order valence-corrected chi connectivity index (χ1v) is 7.48. The lowest BCUT2D eigenvalue weighted by Crippen LogP contribution is -1.99. The van der Waals surface area contributed by atoms with Crippen LogP contribution in [0.25, 0.3) is 5.57 Å². The van der Waals surface area contributed by atoms with E-state index < -0.39 is 0 Å². The normalized spacial score (nSPS) is 11.9. The van der Waals surface area contributed by atoms with Crippen LogP contribution in [0.3, 0.4) is 0 Å². The van der Waals surface area contributed by atoms with E-state index in [9.17, 15) is 0 Å². The summed E-state index contributed by atoms with van der Waals surface area (Å²) < 4.78 is 0. The Balaban J connectivity index is 3.08. The van der Waals surface area contributed by atoms with Crippen LogP contribution in [0.15, 0.2) is 24.3 Å². The van der Waals surface area contributed by atoms with Crippen LogP contribution >= 0.6 is 0 Å². The zero-order chi connectivity index (χ0) is 13.4. The molecule has 0 aliphatic rings. The van der Waals surface area contributed by atoms with Gasteiger partial charge in [-0.3, -0.25) is 0 Å². The summed E-state index contributed by atoms with van der Waals surface area (Å²) in [4.78, 5) is 0. The molecule has 0 atom stereocenters. The van der Waals surface area contributed by atoms with Crippen LogP contribution in [0, 0.1) is 0 Å². The fourth-order valence-corrected chi connectivity index (χ4v) is 2.46. The summed E-state index contributed by atoms with van der Waals surface area (Å²) >= 11 is 0. The predicted molar refractivity (Wildman–Crippen MR) is 83.0 cm³/mol. The van der Waals surface area contributed by atoms with Crippen molar-refractivity contribution in [2.24, 2.45) is 0 Å². The zero-order valence-corrected chi connectivity index (χ0v) is 12.6. The van der Waals surface area contributed by atoms with Gasteiger partial charge in [0.2, 0.25) is 0 Å². The molecule has 0 heterocycles. The molecule has 18 heavy (non-hydrogen) atoms. The number of rotatable bonds is 7. The summed E-state index contributed by atoms with van der Waals surface area (Å²) in [6.45, 7) is 8.93. The number of allylic oxidation sites excluding steroid dienone is 2. The number of benzene rings is 1. The van der Waals surface area contributed by atoms with Gasteiger partial charge >= 0.3 is 0 Å². The van der Waals surface area contributed by atoms with Crippen molar-refractivity contribution in [3.63, 3.8) is 0 Å². The highest BCUT2D eigenvalue weighted by Gasteiger charge is 2.09. The average Bonchev–Trinajstić information content (AvgIpc) is 2.41. The molecule has 0 bridgehead atoms. The molecule has 0 aliphatic heterocycles. The number of unbranched alkanes of at least 4 members (excludes halogenated alkanes) is 2. The van der Waals surface area contributed by atoms with Gasteiger partial charge in [0, 0.05) is 0 Å². The number of hydrogen-bond acceptors (Lipinski definition) is 0. The van der Waals surface area contributed by atoms with Gasteiger partial charge in [-0.25, -0.2) is 0 Å². The second-order valence-corrected chi connectivity index (χ2v) is 5.13. The van der Waals surface area contributed by atoms with Crippen molar-refractivity contribution in [2.45, 2.75) is 66.2 Å². The summed E-state index contributed by atoms with van der Waals surface area (Å²) in [5.41, 5.74) is 6.05. The molecule has 0 radical (unpaired) electrons. The Morgan fingerprint density at radius 2 is 1.50 bits per heavy atom. The van der Waals surface area contributed by atoms with Gasteiger partial charge in [-0.15, -0.1) is 0 Å². The Morgan fingerprint density at radius 1 is 1.00 bits per heavy atom. The zero-order valence-electron chi connectivity index (χ0n) is 12.6. The maximum atomic E-state index is 2.31. The van der Waals surface area contributed by atoms with Crippen molar-refractivity contribution in [2.75, 3.05) is 0 Å². The Bertz CT molecular complexity index is 359. The molecule has 0 heteroatoms. The molecule has 1 rings (SSSR count). The van der Waals surface area contributed by atoms with E-state index in [1.165, 1.54) is 49.7 Å². The standard InChI is InChI=1S/C18H28/c1-5-8-11-16-13-10-14-17(12-9-6-2)18(16)15(4)7-3/h7,10,13-14H,5-6,8-9,11-12H2,1-4H3/b15-7-. The van der Waals surface area contributed by atoms with E-state index >= 15 is 0 Å². The maximum absolute atomic E-state index is 2.31. The van der Waals surface area contributed by atoms with Crippen molar-refractivity contribution in [3.05, 3.63) is 41.0 Å². The largest absolute Gasteiger partial charge is 0.0841 e. The SMILES string of the molecule is C/C=C(/C)c1c(CCCC)cccc1CCCC. The summed E-state index contributed by atoms with van der Waals surface area (Å²) in [6.07, 6.45) is 9.82. The Hall–Kier alpha value is -1.04. The fraction of sp³-hybridized carbons (Fsp3) is 0.556. The quantitative estimate of drug-likeness (QED) is 0.569. The molecule has 0 nitrogen and oxygen atoms in total. The van der Waals surface area contributed by atoms with E-state index in [4.69, 9.17) is 0 Å². The molecule has 0 N–H and O–H groups in total. The molecule has 0 spiro atoms. The lowest BCUT2D eigenvalue weighted by molar-refractivity contribution is 0.777. The Kier molecular flexibility index (Phi) is 6.78. The van der Waals surface area contributed by atoms with Crippen molar-refractivity contribution in [3.8, 4) is 0 Å². The molecule has 0 amide bonds. The molecule has 0 aromatic heterocycles. The minimum absolute atomic E-state index is 1.22. The van der Waals surface area contributed by atoms with Gasteiger partial charge in [0.25, 0.3) is 0 Å². The topological polar surface area (TPSA) is 0 Å². The molecule has 0 saturated heterocycles. The van der Waals surface area contributed by atoms with Crippen LogP contribution < -0.4 is 0 Å². The van der Waals surface area contributed by atoms with Crippen molar-refractivity contribution >= 4 is 5.57 Å². The van der Waals surface area contributed by atoms with E-state index in [1.807, 2.05) is 0 Å². The van der Waals surface area contributed by atoms with Crippen LogP contribution in [-0.4, -0.2) is 0 Å². The van der Waals surface area contributed by atoms with Gasteiger partial charge in [-0.1, -0.05) is 51.0 Å². The molecule has 0 aliphatic carbocycles. The molecule has 0 fully saturated rings. The third-order valence-electron chi connectivity index (χ3n) is 3.66. The van der Waals surface area contributed by atoms with Gasteiger partial charge in [0.1, 0.15) is 0 Å². The first-order chi connectivity index (χ1) is 8.74. The predicted octanol–water partition coefficient (Wildman–Crippen LogP) is 5.80. The monoisotopic (exact) mass is 244 g/mol. The molecular weight excluding hydrogens is 216 g/mol. The molecular formula is C18H28. The third-order valence-corrected chi connectivity index (χ3v) is 3.66. The molecule has 100 valence electrons. The Morgan fingerprint density at radius 3 is 1.89 bits per heavy atom. The van der Waals surface area contributed by atoms with Crippen molar-refractivity contribution in [1.82, 2.24) is 0 Å². The maximum Gasteiger partial charge on any atom is -0.0166 e. The van der Waals surface area contributed by atoms with E-state index in [0.717, 1.165) is 0 Å². The van der Waals surface area contributed by atoms with Gasteiger partial charge in [0.05, 0.1) is 0 Å². The van der Waals surface area contributed by atoms with Gasteiger partial charge in [0.15, 0.2) is 0 Å². The van der Waals surface area contributed by atoms with E-state index in [-0.39, 0.29) is 0 Å². The van der Waals surface area contributed by atoms with Crippen LogP contribution in [0.4, 0.5) is 0 Å². The lowest BCUT2D eigenvalue weighted by atomic mass is 9.90. The average molecular weight is 244 g/mol.